The summed E-state index contributed by atoms with van der Waals surface area (Å²) in [7, 11) is 0. The molecule has 1 aliphatic rings. The Bertz CT molecular complexity index is 179. The van der Waals surface area contributed by atoms with Gasteiger partial charge in [-0.25, -0.2) is 4.79 Å². The van der Waals surface area contributed by atoms with Crippen LogP contribution in [-0.4, -0.2) is 48.3 Å². The van der Waals surface area contributed by atoms with E-state index in [4.69, 9.17) is 10.8 Å². The van der Waals surface area contributed by atoms with Crippen LogP contribution in [0.4, 0.5) is 4.79 Å². The first-order valence-corrected chi connectivity index (χ1v) is 5.12. The van der Waals surface area contributed by atoms with E-state index in [0.29, 0.717) is 6.04 Å². The Hall–Kier alpha value is -0.810. The molecule has 0 aromatic carbocycles. The monoisotopic (exact) mass is 201 g/mol. The Kier molecular flexibility index (Phi) is 4.69. The van der Waals surface area contributed by atoms with Gasteiger partial charge in [0.05, 0.1) is 0 Å². The Morgan fingerprint density at radius 2 is 2.14 bits per heavy atom. The van der Waals surface area contributed by atoms with E-state index >= 15 is 0 Å². The van der Waals surface area contributed by atoms with Crippen LogP contribution in [-0.2, 0) is 0 Å². The van der Waals surface area contributed by atoms with Gasteiger partial charge in [0.15, 0.2) is 0 Å². The maximum Gasteiger partial charge on any atom is 0.314 e. The van der Waals surface area contributed by atoms with Crippen LogP contribution in [0.3, 0.4) is 0 Å². The fourth-order valence-corrected chi connectivity index (χ4v) is 1.69. The van der Waals surface area contributed by atoms with Gasteiger partial charge in [-0.05, 0) is 25.8 Å². The minimum atomic E-state index is -0.321. The molecular weight excluding hydrogens is 182 g/mol. The van der Waals surface area contributed by atoms with Crippen LogP contribution in [0.15, 0.2) is 0 Å². The van der Waals surface area contributed by atoms with E-state index < -0.39 is 0 Å². The first kappa shape index (κ1) is 11.3. The Morgan fingerprint density at radius 3 is 2.64 bits per heavy atom. The predicted molar refractivity (Wildman–Crippen MR) is 53.9 cm³/mol. The van der Waals surface area contributed by atoms with Crippen molar-refractivity contribution in [2.24, 2.45) is 5.73 Å². The molecule has 0 radical (unpaired) electrons. The average Bonchev–Trinajstić information content (AvgIpc) is 2.19. The lowest BCUT2D eigenvalue weighted by Crippen LogP contribution is -2.47. The third-order valence-electron chi connectivity index (χ3n) is 2.57. The second kappa shape index (κ2) is 5.82. The van der Waals surface area contributed by atoms with Crippen molar-refractivity contribution in [1.82, 2.24) is 10.2 Å². The number of primary amides is 1. The van der Waals surface area contributed by atoms with Crippen LogP contribution in [0.1, 0.15) is 19.3 Å². The van der Waals surface area contributed by atoms with Crippen molar-refractivity contribution < 1.29 is 9.90 Å². The molecule has 0 aromatic heterocycles. The Labute approximate surface area is 84.3 Å². The highest BCUT2D eigenvalue weighted by atomic mass is 16.3. The van der Waals surface area contributed by atoms with E-state index in [2.05, 4.69) is 5.32 Å². The van der Waals surface area contributed by atoms with Gasteiger partial charge in [-0.2, -0.15) is 0 Å². The average molecular weight is 201 g/mol. The van der Waals surface area contributed by atoms with Crippen molar-refractivity contribution in [3.8, 4) is 0 Å². The Morgan fingerprint density at radius 1 is 1.50 bits per heavy atom. The van der Waals surface area contributed by atoms with E-state index in [1.54, 1.807) is 4.90 Å². The molecular formula is C9H19N3O2. The van der Waals surface area contributed by atoms with Crippen LogP contribution in [0.25, 0.3) is 0 Å². The lowest BCUT2D eigenvalue weighted by molar-refractivity contribution is 0.184. The van der Waals surface area contributed by atoms with Crippen molar-refractivity contribution in [2.75, 3.05) is 26.2 Å². The molecule has 1 saturated heterocycles. The van der Waals surface area contributed by atoms with Crippen molar-refractivity contribution in [2.45, 2.75) is 25.3 Å². The molecule has 0 spiro atoms. The zero-order valence-electron chi connectivity index (χ0n) is 8.41. The summed E-state index contributed by atoms with van der Waals surface area (Å²) in [5.41, 5.74) is 5.17. The molecule has 1 fully saturated rings. The molecule has 82 valence electrons. The summed E-state index contributed by atoms with van der Waals surface area (Å²) in [5.74, 6) is 0. The number of nitrogens with one attached hydrogen (secondary N) is 1. The van der Waals surface area contributed by atoms with E-state index in [-0.39, 0.29) is 12.6 Å². The van der Waals surface area contributed by atoms with Crippen molar-refractivity contribution >= 4 is 6.03 Å². The number of carbonyl (C=O) groups is 1. The van der Waals surface area contributed by atoms with Gasteiger partial charge in [0.1, 0.15) is 0 Å². The summed E-state index contributed by atoms with van der Waals surface area (Å²) >= 11 is 0. The lowest BCUT2D eigenvalue weighted by atomic mass is 10.1. The van der Waals surface area contributed by atoms with Crippen molar-refractivity contribution in [1.29, 1.82) is 0 Å². The van der Waals surface area contributed by atoms with Crippen LogP contribution < -0.4 is 11.1 Å². The third-order valence-corrected chi connectivity index (χ3v) is 2.57. The van der Waals surface area contributed by atoms with Gasteiger partial charge in [0.2, 0.25) is 0 Å². The van der Waals surface area contributed by atoms with E-state index in [0.717, 1.165) is 38.9 Å². The summed E-state index contributed by atoms with van der Waals surface area (Å²) in [6.07, 6.45) is 2.69. The van der Waals surface area contributed by atoms with E-state index in [1.807, 2.05) is 0 Å². The number of carbonyl (C=O) groups excluding carboxylic acids is 1. The molecule has 1 rings (SSSR count). The molecule has 4 N–H and O–H groups in total. The fraction of sp³-hybridized carbons (Fsp3) is 0.889. The number of hydrogen-bond acceptors (Lipinski definition) is 3. The number of aliphatic hydroxyl groups is 1. The van der Waals surface area contributed by atoms with Gasteiger partial charge in [-0.1, -0.05) is 0 Å². The highest BCUT2D eigenvalue weighted by Crippen LogP contribution is 2.09. The highest BCUT2D eigenvalue weighted by Gasteiger charge is 2.20. The van der Waals surface area contributed by atoms with Crippen molar-refractivity contribution in [3.63, 3.8) is 0 Å². The molecule has 5 heteroatoms. The molecule has 0 saturated carbocycles. The fourth-order valence-electron chi connectivity index (χ4n) is 1.69. The van der Waals surface area contributed by atoms with Crippen LogP contribution in [0.5, 0.6) is 0 Å². The zero-order chi connectivity index (χ0) is 10.4. The lowest BCUT2D eigenvalue weighted by Gasteiger charge is -2.31. The quantitative estimate of drug-likeness (QED) is 0.537. The molecule has 1 heterocycles. The highest BCUT2D eigenvalue weighted by molar-refractivity contribution is 5.72. The van der Waals surface area contributed by atoms with Gasteiger partial charge < -0.3 is 21.1 Å². The zero-order valence-corrected chi connectivity index (χ0v) is 8.41. The topological polar surface area (TPSA) is 78.6 Å². The number of urea groups is 1. The standard InChI is InChI=1S/C9H19N3O2/c10-9(14)12-5-2-8(3-6-12)11-4-1-7-13/h8,11,13H,1-7H2,(H2,10,14). The number of rotatable bonds is 4. The summed E-state index contributed by atoms with van der Waals surface area (Å²) in [6.45, 7) is 2.56. The second-order valence-corrected chi connectivity index (χ2v) is 3.63. The van der Waals surface area contributed by atoms with Crippen LogP contribution in [0.2, 0.25) is 0 Å². The maximum absolute atomic E-state index is 10.8. The minimum absolute atomic E-state index is 0.229. The smallest absolute Gasteiger partial charge is 0.314 e. The van der Waals surface area contributed by atoms with Gasteiger partial charge >= 0.3 is 6.03 Å². The first-order valence-electron chi connectivity index (χ1n) is 5.12. The van der Waals surface area contributed by atoms with E-state index in [1.165, 1.54) is 0 Å². The SMILES string of the molecule is NC(=O)N1CCC(NCCCO)CC1. The van der Waals surface area contributed by atoms with E-state index in [9.17, 15) is 4.79 Å². The second-order valence-electron chi connectivity index (χ2n) is 3.63. The molecule has 5 nitrogen and oxygen atoms in total. The summed E-state index contributed by atoms with van der Waals surface area (Å²) < 4.78 is 0. The molecule has 2 amide bonds. The molecule has 0 aromatic rings. The molecule has 0 bridgehead atoms. The van der Waals surface area contributed by atoms with Crippen LogP contribution >= 0.6 is 0 Å². The summed E-state index contributed by atoms with van der Waals surface area (Å²) in [6, 6.07) is 0.149. The minimum Gasteiger partial charge on any atom is -0.396 e. The Balaban J connectivity index is 2.12. The van der Waals surface area contributed by atoms with Crippen LogP contribution in [0, 0.1) is 0 Å². The third kappa shape index (κ3) is 3.51. The number of aliphatic hydroxyl groups excluding tert-OH is 1. The number of nitrogens with two attached hydrogens (primary N) is 1. The molecule has 0 unspecified atom stereocenters. The first-order chi connectivity index (χ1) is 6.74. The normalized spacial score (nSPS) is 18.5. The molecule has 0 atom stereocenters. The number of piperidine rings is 1. The molecule has 1 aliphatic heterocycles. The number of amides is 2. The number of hydrogen-bond donors (Lipinski definition) is 3. The maximum atomic E-state index is 10.8. The van der Waals surface area contributed by atoms with Gasteiger partial charge in [-0.3, -0.25) is 0 Å². The molecule has 0 aliphatic carbocycles. The van der Waals surface area contributed by atoms with Gasteiger partial charge in [0.25, 0.3) is 0 Å². The van der Waals surface area contributed by atoms with Gasteiger partial charge in [-0.15, -0.1) is 0 Å². The summed E-state index contributed by atoms with van der Waals surface area (Å²) in [5, 5.41) is 11.9. The van der Waals surface area contributed by atoms with Gasteiger partial charge in [0, 0.05) is 25.7 Å². The predicted octanol–water partition coefficient (Wildman–Crippen LogP) is -0.498. The summed E-state index contributed by atoms with van der Waals surface area (Å²) in [4.78, 5) is 12.5. The van der Waals surface area contributed by atoms with Crippen molar-refractivity contribution in [3.05, 3.63) is 0 Å². The molecule has 14 heavy (non-hydrogen) atoms. The largest absolute Gasteiger partial charge is 0.396 e. The number of likely N-dealkylation sites (tertiary alicyclic amines) is 1. The number of nitrogens with zero attached hydrogens (tertiary/aromatic N) is 1.